The molecule has 0 fully saturated rings. The lowest BCUT2D eigenvalue weighted by Crippen LogP contribution is -2.17. The van der Waals surface area contributed by atoms with Gasteiger partial charge in [0.15, 0.2) is 0 Å². The van der Waals surface area contributed by atoms with E-state index >= 15 is 0 Å². The van der Waals surface area contributed by atoms with Crippen molar-refractivity contribution in [3.63, 3.8) is 0 Å². The number of ether oxygens (including phenoxy) is 1. The van der Waals surface area contributed by atoms with Gasteiger partial charge in [0.05, 0.1) is 7.11 Å². The van der Waals surface area contributed by atoms with Crippen molar-refractivity contribution in [2.75, 3.05) is 7.11 Å². The summed E-state index contributed by atoms with van der Waals surface area (Å²) in [6.07, 6.45) is 0. The Balaban J connectivity index is 3.11. The second kappa shape index (κ2) is 5.35. The molecule has 0 saturated heterocycles. The summed E-state index contributed by atoms with van der Waals surface area (Å²) in [5.41, 5.74) is 8.58. The van der Waals surface area contributed by atoms with Gasteiger partial charge >= 0.3 is 0 Å². The average Bonchev–Trinajstić information content (AvgIpc) is 2.26. The molecular weight excluding hydrogens is 198 g/mol. The summed E-state index contributed by atoms with van der Waals surface area (Å²) in [5, 5.41) is 0. The van der Waals surface area contributed by atoms with E-state index in [1.54, 1.807) is 7.11 Å². The molecule has 0 amide bonds. The summed E-state index contributed by atoms with van der Waals surface area (Å²) in [4.78, 5) is 0. The molecule has 0 saturated carbocycles. The van der Waals surface area contributed by atoms with Gasteiger partial charge in [-0.25, -0.2) is 0 Å². The molecule has 2 heteroatoms. The zero-order valence-electron chi connectivity index (χ0n) is 10.9. The average molecular weight is 221 g/mol. The summed E-state index contributed by atoms with van der Waals surface area (Å²) >= 11 is 0. The molecular formula is C14H23NO. The second-order valence-electron chi connectivity index (χ2n) is 4.93. The fourth-order valence-corrected chi connectivity index (χ4v) is 1.80. The quantitative estimate of drug-likeness (QED) is 0.845. The topological polar surface area (TPSA) is 35.2 Å². The van der Waals surface area contributed by atoms with Crippen molar-refractivity contribution >= 4 is 0 Å². The lowest BCUT2D eigenvalue weighted by atomic mass is 9.92. The van der Waals surface area contributed by atoms with E-state index < -0.39 is 0 Å². The van der Waals surface area contributed by atoms with Crippen molar-refractivity contribution in [2.24, 2.45) is 11.7 Å². The third-order valence-electron chi connectivity index (χ3n) is 2.98. The monoisotopic (exact) mass is 221 g/mol. The summed E-state index contributed by atoms with van der Waals surface area (Å²) in [7, 11) is 1.71. The molecule has 0 aliphatic rings. The molecule has 0 aliphatic heterocycles. The molecule has 1 rings (SSSR count). The number of rotatable bonds is 4. The van der Waals surface area contributed by atoms with Crippen LogP contribution in [0.5, 0.6) is 5.75 Å². The fourth-order valence-electron chi connectivity index (χ4n) is 1.80. The Labute approximate surface area is 98.8 Å². The van der Waals surface area contributed by atoms with E-state index in [1.165, 1.54) is 11.1 Å². The van der Waals surface area contributed by atoms with E-state index in [1.807, 2.05) is 6.07 Å². The normalized spacial score (nSPS) is 13.2. The molecule has 1 unspecified atom stereocenters. The third kappa shape index (κ3) is 2.76. The summed E-state index contributed by atoms with van der Waals surface area (Å²) in [6.45, 7) is 8.62. The Morgan fingerprint density at radius 1 is 1.12 bits per heavy atom. The Bertz CT molecular complexity index is 345. The Morgan fingerprint density at radius 3 is 2.19 bits per heavy atom. The van der Waals surface area contributed by atoms with Crippen LogP contribution in [0.4, 0.5) is 0 Å². The second-order valence-corrected chi connectivity index (χ2v) is 4.93. The highest BCUT2D eigenvalue weighted by Crippen LogP contribution is 2.30. The van der Waals surface area contributed by atoms with Gasteiger partial charge in [0.1, 0.15) is 5.75 Å². The van der Waals surface area contributed by atoms with Crippen LogP contribution in [0.1, 0.15) is 50.8 Å². The van der Waals surface area contributed by atoms with Crippen LogP contribution in [-0.2, 0) is 0 Å². The molecule has 1 atom stereocenters. The zero-order chi connectivity index (χ0) is 12.3. The molecule has 0 spiro atoms. The zero-order valence-corrected chi connectivity index (χ0v) is 10.9. The molecule has 2 N–H and O–H groups in total. The molecule has 1 aromatic carbocycles. The first-order chi connectivity index (χ1) is 7.47. The molecule has 2 nitrogen and oxygen atoms in total. The van der Waals surface area contributed by atoms with Gasteiger partial charge in [-0.05, 0) is 29.0 Å². The van der Waals surface area contributed by atoms with Crippen molar-refractivity contribution in [1.82, 2.24) is 0 Å². The number of nitrogens with two attached hydrogens (primary N) is 1. The van der Waals surface area contributed by atoms with Crippen molar-refractivity contribution in [2.45, 2.75) is 39.7 Å². The molecule has 0 aliphatic carbocycles. The standard InChI is InChI=1S/C14H23NO/c1-9(2)12-8-11(14(15)10(3)4)6-7-13(12)16-5/h6-10,14H,15H2,1-5H3. The lowest BCUT2D eigenvalue weighted by Gasteiger charge is -2.19. The number of benzene rings is 1. The molecule has 90 valence electrons. The van der Waals surface area contributed by atoms with Crippen LogP contribution in [0.2, 0.25) is 0 Å². The maximum Gasteiger partial charge on any atom is 0.122 e. The summed E-state index contributed by atoms with van der Waals surface area (Å²) < 4.78 is 5.36. The molecule has 1 aromatic rings. The van der Waals surface area contributed by atoms with Gasteiger partial charge in [-0.1, -0.05) is 39.8 Å². The highest BCUT2D eigenvalue weighted by molar-refractivity contribution is 5.40. The van der Waals surface area contributed by atoms with E-state index in [0.29, 0.717) is 11.8 Å². The van der Waals surface area contributed by atoms with Crippen LogP contribution in [0.15, 0.2) is 18.2 Å². The van der Waals surface area contributed by atoms with Crippen molar-refractivity contribution in [3.8, 4) is 5.75 Å². The lowest BCUT2D eigenvalue weighted by molar-refractivity contribution is 0.406. The number of hydrogen-bond acceptors (Lipinski definition) is 2. The van der Waals surface area contributed by atoms with Gasteiger partial charge in [0.25, 0.3) is 0 Å². The van der Waals surface area contributed by atoms with E-state index in [4.69, 9.17) is 10.5 Å². The first-order valence-electron chi connectivity index (χ1n) is 5.90. The van der Waals surface area contributed by atoms with Crippen LogP contribution >= 0.6 is 0 Å². The predicted octanol–water partition coefficient (Wildman–Crippen LogP) is 3.47. The van der Waals surface area contributed by atoms with Crippen molar-refractivity contribution in [1.29, 1.82) is 0 Å². The van der Waals surface area contributed by atoms with Crippen molar-refractivity contribution in [3.05, 3.63) is 29.3 Å². The van der Waals surface area contributed by atoms with Crippen LogP contribution in [0.3, 0.4) is 0 Å². The van der Waals surface area contributed by atoms with Gasteiger partial charge in [-0.3, -0.25) is 0 Å². The van der Waals surface area contributed by atoms with Gasteiger partial charge < -0.3 is 10.5 Å². The molecule has 0 bridgehead atoms. The van der Waals surface area contributed by atoms with Gasteiger partial charge in [0.2, 0.25) is 0 Å². The van der Waals surface area contributed by atoms with Crippen molar-refractivity contribution < 1.29 is 4.74 Å². The molecule has 0 heterocycles. The maximum atomic E-state index is 6.16. The largest absolute Gasteiger partial charge is 0.496 e. The Kier molecular flexibility index (Phi) is 4.36. The SMILES string of the molecule is COc1ccc(C(N)C(C)C)cc1C(C)C. The summed E-state index contributed by atoms with van der Waals surface area (Å²) in [5.74, 6) is 1.86. The van der Waals surface area contributed by atoms with Crippen LogP contribution < -0.4 is 10.5 Å². The van der Waals surface area contributed by atoms with Crippen LogP contribution in [0, 0.1) is 5.92 Å². The Hall–Kier alpha value is -1.02. The molecule has 0 radical (unpaired) electrons. The highest BCUT2D eigenvalue weighted by atomic mass is 16.5. The number of hydrogen-bond donors (Lipinski definition) is 1. The van der Waals surface area contributed by atoms with E-state index in [9.17, 15) is 0 Å². The maximum absolute atomic E-state index is 6.16. The first-order valence-corrected chi connectivity index (χ1v) is 5.90. The van der Waals surface area contributed by atoms with Gasteiger partial charge in [0, 0.05) is 6.04 Å². The van der Waals surface area contributed by atoms with E-state index in [2.05, 4.69) is 39.8 Å². The van der Waals surface area contributed by atoms with Crippen LogP contribution in [0.25, 0.3) is 0 Å². The van der Waals surface area contributed by atoms with E-state index in [-0.39, 0.29) is 6.04 Å². The summed E-state index contributed by atoms with van der Waals surface area (Å²) in [6, 6.07) is 6.36. The minimum Gasteiger partial charge on any atom is -0.496 e. The third-order valence-corrected chi connectivity index (χ3v) is 2.98. The number of methoxy groups -OCH3 is 1. The van der Waals surface area contributed by atoms with E-state index in [0.717, 1.165) is 5.75 Å². The van der Waals surface area contributed by atoms with Gasteiger partial charge in [-0.15, -0.1) is 0 Å². The fraction of sp³-hybridized carbons (Fsp3) is 0.571. The minimum absolute atomic E-state index is 0.100. The van der Waals surface area contributed by atoms with Crippen LogP contribution in [-0.4, -0.2) is 7.11 Å². The minimum atomic E-state index is 0.100. The molecule has 16 heavy (non-hydrogen) atoms. The Morgan fingerprint density at radius 2 is 1.75 bits per heavy atom. The first kappa shape index (κ1) is 13.0. The predicted molar refractivity (Wildman–Crippen MR) is 68.8 cm³/mol. The van der Waals surface area contributed by atoms with Gasteiger partial charge in [-0.2, -0.15) is 0 Å². The highest BCUT2D eigenvalue weighted by Gasteiger charge is 2.14. The smallest absolute Gasteiger partial charge is 0.122 e. The molecule has 0 aromatic heterocycles.